The van der Waals surface area contributed by atoms with Crippen LogP contribution >= 0.6 is 0 Å². The number of amides is 2. The molecule has 2 fully saturated rings. The molecular weight excluding hydrogens is 356 g/mol. The minimum absolute atomic E-state index is 0.0304. The van der Waals surface area contributed by atoms with Crippen LogP contribution in [0, 0.1) is 0 Å². The van der Waals surface area contributed by atoms with E-state index in [1.165, 1.54) is 0 Å². The van der Waals surface area contributed by atoms with Gasteiger partial charge in [0.1, 0.15) is 5.75 Å². The maximum Gasteiger partial charge on any atom is 0.309 e. The predicted octanol–water partition coefficient (Wildman–Crippen LogP) is 1.16. The van der Waals surface area contributed by atoms with E-state index in [1.54, 1.807) is 7.11 Å². The topological polar surface area (TPSA) is 73.9 Å². The van der Waals surface area contributed by atoms with Gasteiger partial charge in [-0.05, 0) is 37.6 Å². The Morgan fingerprint density at radius 3 is 2.32 bits per heavy atom. The molecule has 1 saturated carbocycles. The largest absolute Gasteiger partial charge is 0.497 e. The van der Waals surface area contributed by atoms with Gasteiger partial charge < -0.3 is 20.3 Å². The van der Waals surface area contributed by atoms with Gasteiger partial charge in [-0.1, -0.05) is 25.0 Å². The number of carbonyl (C=O) groups excluding carboxylic acids is 2. The van der Waals surface area contributed by atoms with E-state index in [1.807, 2.05) is 24.3 Å². The summed E-state index contributed by atoms with van der Waals surface area (Å²) in [6.07, 6.45) is 4.18. The zero-order valence-corrected chi connectivity index (χ0v) is 16.9. The molecule has 1 atom stereocenters. The summed E-state index contributed by atoms with van der Waals surface area (Å²) in [6.45, 7) is 4.24. The highest BCUT2D eigenvalue weighted by atomic mass is 16.5. The molecule has 2 amide bonds. The van der Waals surface area contributed by atoms with Crippen LogP contribution < -0.4 is 15.4 Å². The summed E-state index contributed by atoms with van der Waals surface area (Å²) in [5.74, 6) is -0.251. The van der Waals surface area contributed by atoms with Crippen molar-refractivity contribution < 1.29 is 14.3 Å². The molecule has 154 valence electrons. The number of likely N-dealkylation sites (N-methyl/N-ethyl adjacent to an activating group) is 1. The van der Waals surface area contributed by atoms with Crippen LogP contribution in [-0.4, -0.2) is 74.5 Å². The number of hydrogen-bond donors (Lipinski definition) is 2. The van der Waals surface area contributed by atoms with Gasteiger partial charge >= 0.3 is 11.8 Å². The van der Waals surface area contributed by atoms with Crippen LogP contribution in [0.2, 0.25) is 0 Å². The summed E-state index contributed by atoms with van der Waals surface area (Å²) >= 11 is 0. The number of benzene rings is 1. The van der Waals surface area contributed by atoms with Crippen molar-refractivity contribution in [2.75, 3.05) is 46.9 Å². The van der Waals surface area contributed by atoms with Crippen LogP contribution in [0.1, 0.15) is 37.3 Å². The second-order valence-corrected chi connectivity index (χ2v) is 7.79. The van der Waals surface area contributed by atoms with Crippen molar-refractivity contribution in [1.82, 2.24) is 20.4 Å². The first kappa shape index (κ1) is 20.6. The smallest absolute Gasteiger partial charge is 0.309 e. The van der Waals surface area contributed by atoms with Crippen molar-refractivity contribution in [2.24, 2.45) is 0 Å². The van der Waals surface area contributed by atoms with Gasteiger partial charge in [0.05, 0.1) is 13.2 Å². The quantitative estimate of drug-likeness (QED) is 0.716. The lowest BCUT2D eigenvalue weighted by Gasteiger charge is -2.38. The Kier molecular flexibility index (Phi) is 7.28. The first-order valence-electron chi connectivity index (χ1n) is 10.2. The van der Waals surface area contributed by atoms with Gasteiger partial charge in [-0.25, -0.2) is 0 Å². The van der Waals surface area contributed by atoms with Gasteiger partial charge in [-0.2, -0.15) is 0 Å². The number of rotatable bonds is 6. The highest BCUT2D eigenvalue weighted by Gasteiger charge is 2.26. The molecule has 1 aromatic rings. The van der Waals surface area contributed by atoms with Crippen molar-refractivity contribution in [2.45, 2.75) is 37.8 Å². The maximum atomic E-state index is 12.3. The third-order valence-electron chi connectivity index (χ3n) is 5.83. The number of methoxy groups -OCH3 is 1. The molecule has 1 aromatic carbocycles. The highest BCUT2D eigenvalue weighted by Crippen LogP contribution is 2.24. The molecular formula is C21H32N4O3. The van der Waals surface area contributed by atoms with Crippen molar-refractivity contribution in [1.29, 1.82) is 0 Å². The summed E-state index contributed by atoms with van der Waals surface area (Å²) in [5, 5.41) is 5.71. The van der Waals surface area contributed by atoms with E-state index in [2.05, 4.69) is 27.5 Å². The molecule has 7 nitrogen and oxygen atoms in total. The van der Waals surface area contributed by atoms with Crippen LogP contribution in [0.15, 0.2) is 24.3 Å². The summed E-state index contributed by atoms with van der Waals surface area (Å²) in [5.41, 5.74) is 1.11. The molecule has 0 radical (unpaired) electrons. The van der Waals surface area contributed by atoms with Crippen LogP contribution in [0.4, 0.5) is 0 Å². The zero-order chi connectivity index (χ0) is 19.9. The number of piperazine rings is 1. The maximum absolute atomic E-state index is 12.3. The van der Waals surface area contributed by atoms with E-state index in [0.717, 1.165) is 63.2 Å². The van der Waals surface area contributed by atoms with E-state index < -0.39 is 11.8 Å². The second kappa shape index (κ2) is 9.89. The van der Waals surface area contributed by atoms with Crippen molar-refractivity contribution in [3.8, 4) is 5.75 Å². The van der Waals surface area contributed by atoms with Gasteiger partial charge in [0, 0.05) is 38.8 Å². The highest BCUT2D eigenvalue weighted by molar-refractivity contribution is 6.35. The molecule has 1 heterocycles. The van der Waals surface area contributed by atoms with E-state index in [0.29, 0.717) is 6.54 Å². The van der Waals surface area contributed by atoms with Crippen molar-refractivity contribution in [3.63, 3.8) is 0 Å². The summed E-state index contributed by atoms with van der Waals surface area (Å²) in [7, 11) is 3.77. The summed E-state index contributed by atoms with van der Waals surface area (Å²) in [6, 6.07) is 8.12. The fourth-order valence-corrected chi connectivity index (χ4v) is 4.01. The van der Waals surface area contributed by atoms with E-state index in [4.69, 9.17) is 4.74 Å². The summed E-state index contributed by atoms with van der Waals surface area (Å²) < 4.78 is 5.26. The average Bonchev–Trinajstić information content (AvgIpc) is 3.22. The monoisotopic (exact) mass is 388 g/mol. The van der Waals surface area contributed by atoms with Crippen LogP contribution in [-0.2, 0) is 9.59 Å². The number of nitrogens with zero attached hydrogens (tertiary/aromatic N) is 2. The van der Waals surface area contributed by atoms with E-state index in [9.17, 15) is 9.59 Å². The predicted molar refractivity (Wildman–Crippen MR) is 108 cm³/mol. The van der Waals surface area contributed by atoms with Crippen LogP contribution in [0.3, 0.4) is 0 Å². The molecule has 2 N–H and O–H groups in total. The van der Waals surface area contributed by atoms with Gasteiger partial charge in [-0.15, -0.1) is 0 Å². The Labute approximate surface area is 167 Å². The standard InChI is InChI=1S/C21H32N4O3/c1-24-11-13-25(14-12-24)19(16-7-9-18(28-2)10-8-16)15-22-20(26)21(27)23-17-5-3-4-6-17/h7-10,17,19H,3-6,11-15H2,1-2H3,(H,22,26)(H,23,27)/t19-/m0/s1. The molecule has 0 spiro atoms. The lowest BCUT2D eigenvalue weighted by Crippen LogP contribution is -2.50. The number of ether oxygens (including phenoxy) is 1. The Balaban J connectivity index is 1.62. The van der Waals surface area contributed by atoms with Crippen molar-refractivity contribution >= 4 is 11.8 Å². The third kappa shape index (κ3) is 5.45. The van der Waals surface area contributed by atoms with Gasteiger partial charge in [-0.3, -0.25) is 14.5 Å². The molecule has 2 aliphatic rings. The molecule has 3 rings (SSSR count). The minimum Gasteiger partial charge on any atom is -0.497 e. The average molecular weight is 389 g/mol. The SMILES string of the molecule is COc1ccc([C@H](CNC(=O)C(=O)NC2CCCC2)N2CCN(C)CC2)cc1. The normalized spacial score (nSPS) is 19.9. The number of nitrogens with one attached hydrogen (secondary N) is 2. The molecule has 0 aromatic heterocycles. The third-order valence-corrected chi connectivity index (χ3v) is 5.83. The fraction of sp³-hybridized carbons (Fsp3) is 0.619. The van der Waals surface area contributed by atoms with Gasteiger partial charge in [0.15, 0.2) is 0 Å². The molecule has 1 aliphatic carbocycles. The lowest BCUT2D eigenvalue weighted by atomic mass is 10.0. The van der Waals surface area contributed by atoms with Gasteiger partial charge in [0.2, 0.25) is 0 Å². The molecule has 0 unspecified atom stereocenters. The van der Waals surface area contributed by atoms with E-state index >= 15 is 0 Å². The molecule has 7 heteroatoms. The summed E-state index contributed by atoms with van der Waals surface area (Å²) in [4.78, 5) is 29.2. The Hall–Kier alpha value is -2.12. The van der Waals surface area contributed by atoms with E-state index in [-0.39, 0.29) is 12.1 Å². The first-order chi connectivity index (χ1) is 13.6. The fourth-order valence-electron chi connectivity index (χ4n) is 4.01. The molecule has 1 aliphatic heterocycles. The molecule has 1 saturated heterocycles. The van der Waals surface area contributed by atoms with Crippen LogP contribution in [0.25, 0.3) is 0 Å². The van der Waals surface area contributed by atoms with Gasteiger partial charge in [0.25, 0.3) is 0 Å². The molecule has 28 heavy (non-hydrogen) atoms. The second-order valence-electron chi connectivity index (χ2n) is 7.79. The Bertz CT molecular complexity index is 650. The zero-order valence-electron chi connectivity index (χ0n) is 16.9. The van der Waals surface area contributed by atoms with Crippen LogP contribution in [0.5, 0.6) is 5.75 Å². The number of carbonyl (C=O) groups is 2. The molecule has 0 bridgehead atoms. The minimum atomic E-state index is -0.542. The Morgan fingerprint density at radius 2 is 1.71 bits per heavy atom. The number of hydrogen-bond acceptors (Lipinski definition) is 5. The first-order valence-corrected chi connectivity index (χ1v) is 10.2. The van der Waals surface area contributed by atoms with Crippen molar-refractivity contribution in [3.05, 3.63) is 29.8 Å². The lowest BCUT2D eigenvalue weighted by molar-refractivity contribution is -0.139. The Morgan fingerprint density at radius 1 is 1.07 bits per heavy atom.